The standard InChI is InChI=1S/C13H20N2O4/c1-2-3-9-5-15(12(19)14-11(9)18)7-13(8-17)4-10(13)6-16/h5,10,16-17H,2-4,6-8H2,1H3,(H,14,18,19). The molecule has 0 amide bonds. The van der Waals surface area contributed by atoms with Gasteiger partial charge in [0.15, 0.2) is 0 Å². The number of aliphatic hydroxyl groups is 2. The number of H-pyrrole nitrogens is 1. The van der Waals surface area contributed by atoms with E-state index in [0.717, 1.165) is 6.42 Å². The highest BCUT2D eigenvalue weighted by Crippen LogP contribution is 2.52. The van der Waals surface area contributed by atoms with Crippen LogP contribution in [0.1, 0.15) is 25.3 Å². The maximum atomic E-state index is 11.8. The van der Waals surface area contributed by atoms with Gasteiger partial charge >= 0.3 is 5.69 Å². The van der Waals surface area contributed by atoms with Crippen molar-refractivity contribution in [3.8, 4) is 0 Å². The molecule has 0 radical (unpaired) electrons. The van der Waals surface area contributed by atoms with Crippen molar-refractivity contribution < 1.29 is 10.2 Å². The smallest absolute Gasteiger partial charge is 0.328 e. The largest absolute Gasteiger partial charge is 0.396 e. The monoisotopic (exact) mass is 268 g/mol. The predicted octanol–water partition coefficient (Wildman–Crippen LogP) is -0.520. The normalized spacial score (nSPS) is 25.5. The molecule has 2 unspecified atom stereocenters. The minimum absolute atomic E-state index is 0.0144. The molecule has 0 aromatic carbocycles. The Morgan fingerprint density at radius 3 is 2.74 bits per heavy atom. The second kappa shape index (κ2) is 5.30. The summed E-state index contributed by atoms with van der Waals surface area (Å²) in [6.07, 6.45) is 3.72. The van der Waals surface area contributed by atoms with E-state index in [4.69, 9.17) is 5.11 Å². The average molecular weight is 268 g/mol. The summed E-state index contributed by atoms with van der Waals surface area (Å²) in [5.74, 6) is 0.0333. The van der Waals surface area contributed by atoms with Gasteiger partial charge in [-0.1, -0.05) is 13.3 Å². The molecule has 1 aliphatic rings. The van der Waals surface area contributed by atoms with Crippen molar-refractivity contribution in [3.05, 3.63) is 32.6 Å². The van der Waals surface area contributed by atoms with Gasteiger partial charge in [-0.25, -0.2) is 4.79 Å². The van der Waals surface area contributed by atoms with Gasteiger partial charge in [-0.2, -0.15) is 0 Å². The van der Waals surface area contributed by atoms with Crippen LogP contribution in [0.4, 0.5) is 0 Å². The number of hydrogen-bond acceptors (Lipinski definition) is 4. The number of rotatable bonds is 6. The third kappa shape index (κ3) is 2.64. The van der Waals surface area contributed by atoms with Gasteiger partial charge < -0.3 is 10.2 Å². The van der Waals surface area contributed by atoms with Gasteiger partial charge in [0.2, 0.25) is 0 Å². The third-order valence-electron chi connectivity index (χ3n) is 3.98. The Balaban J connectivity index is 2.28. The van der Waals surface area contributed by atoms with Crippen LogP contribution in [0.5, 0.6) is 0 Å². The summed E-state index contributed by atoms with van der Waals surface area (Å²) in [6, 6.07) is 0. The van der Waals surface area contributed by atoms with Crippen molar-refractivity contribution in [1.29, 1.82) is 0 Å². The molecule has 2 atom stereocenters. The molecule has 0 spiro atoms. The van der Waals surface area contributed by atoms with Crippen molar-refractivity contribution >= 4 is 0 Å². The molecule has 1 fully saturated rings. The van der Waals surface area contributed by atoms with E-state index in [0.29, 0.717) is 24.9 Å². The van der Waals surface area contributed by atoms with Crippen LogP contribution in [-0.2, 0) is 13.0 Å². The summed E-state index contributed by atoms with van der Waals surface area (Å²) >= 11 is 0. The second-order valence-electron chi connectivity index (χ2n) is 5.40. The van der Waals surface area contributed by atoms with Crippen LogP contribution in [0.3, 0.4) is 0 Å². The van der Waals surface area contributed by atoms with Crippen molar-refractivity contribution in [2.45, 2.75) is 32.7 Å². The van der Waals surface area contributed by atoms with Crippen LogP contribution in [-0.4, -0.2) is 33.0 Å². The lowest BCUT2D eigenvalue weighted by molar-refractivity contribution is 0.156. The molecule has 19 heavy (non-hydrogen) atoms. The SMILES string of the molecule is CCCc1cn(CC2(CO)CC2CO)c(=O)[nH]c1=O. The van der Waals surface area contributed by atoms with E-state index in [9.17, 15) is 14.7 Å². The minimum atomic E-state index is -0.457. The minimum Gasteiger partial charge on any atom is -0.396 e. The fourth-order valence-corrected chi connectivity index (χ4v) is 2.59. The van der Waals surface area contributed by atoms with Gasteiger partial charge in [-0.3, -0.25) is 14.3 Å². The number of nitrogens with zero attached hydrogens (tertiary/aromatic N) is 1. The van der Waals surface area contributed by atoms with Crippen molar-refractivity contribution in [1.82, 2.24) is 9.55 Å². The van der Waals surface area contributed by atoms with E-state index in [1.54, 1.807) is 6.20 Å². The Hall–Kier alpha value is -1.40. The van der Waals surface area contributed by atoms with E-state index >= 15 is 0 Å². The second-order valence-corrected chi connectivity index (χ2v) is 5.40. The Bertz CT molecular complexity index is 562. The molecule has 1 aromatic rings. The maximum absolute atomic E-state index is 11.8. The highest BCUT2D eigenvalue weighted by molar-refractivity contribution is 5.07. The van der Waals surface area contributed by atoms with Gasteiger partial charge in [0.05, 0.1) is 6.61 Å². The first-order chi connectivity index (χ1) is 9.06. The van der Waals surface area contributed by atoms with Crippen molar-refractivity contribution in [2.24, 2.45) is 11.3 Å². The summed E-state index contributed by atoms with van der Waals surface area (Å²) in [7, 11) is 0. The number of aromatic amines is 1. The molecule has 6 nitrogen and oxygen atoms in total. The Morgan fingerprint density at radius 2 is 2.21 bits per heavy atom. The van der Waals surface area contributed by atoms with Gasteiger partial charge in [0.25, 0.3) is 5.56 Å². The summed E-state index contributed by atoms with van der Waals surface area (Å²) in [5, 5.41) is 18.6. The molecule has 6 heteroatoms. The third-order valence-corrected chi connectivity index (χ3v) is 3.98. The fourth-order valence-electron chi connectivity index (χ4n) is 2.59. The molecule has 2 rings (SSSR count). The van der Waals surface area contributed by atoms with Crippen LogP contribution in [0, 0.1) is 11.3 Å². The first kappa shape index (κ1) is 14.0. The topological polar surface area (TPSA) is 95.3 Å². The van der Waals surface area contributed by atoms with Crippen LogP contribution in [0.15, 0.2) is 15.8 Å². The highest BCUT2D eigenvalue weighted by atomic mass is 16.3. The average Bonchev–Trinajstić information content (AvgIpc) is 3.09. The molecule has 0 saturated heterocycles. The molecule has 3 N–H and O–H groups in total. The van der Waals surface area contributed by atoms with Crippen molar-refractivity contribution in [2.75, 3.05) is 13.2 Å². The van der Waals surface area contributed by atoms with E-state index < -0.39 is 11.1 Å². The van der Waals surface area contributed by atoms with Crippen LogP contribution in [0.2, 0.25) is 0 Å². The first-order valence-corrected chi connectivity index (χ1v) is 6.60. The zero-order valence-corrected chi connectivity index (χ0v) is 11.1. The Kier molecular flexibility index (Phi) is 3.91. The molecule has 106 valence electrons. The van der Waals surface area contributed by atoms with Crippen LogP contribution >= 0.6 is 0 Å². The fraction of sp³-hybridized carbons (Fsp3) is 0.692. The van der Waals surface area contributed by atoms with Gasteiger partial charge in [-0.15, -0.1) is 0 Å². The highest BCUT2D eigenvalue weighted by Gasteiger charge is 2.53. The first-order valence-electron chi connectivity index (χ1n) is 6.60. The van der Waals surface area contributed by atoms with Crippen LogP contribution in [0.25, 0.3) is 0 Å². The molecule has 0 bridgehead atoms. The summed E-state index contributed by atoms with van der Waals surface area (Å²) in [6.45, 7) is 2.25. The summed E-state index contributed by atoms with van der Waals surface area (Å²) < 4.78 is 1.44. The predicted molar refractivity (Wildman–Crippen MR) is 70.0 cm³/mol. The summed E-state index contributed by atoms with van der Waals surface area (Å²) in [5.41, 5.74) is -0.631. The molecule has 1 aromatic heterocycles. The zero-order chi connectivity index (χ0) is 14.0. The van der Waals surface area contributed by atoms with Crippen molar-refractivity contribution in [3.63, 3.8) is 0 Å². The molecule has 0 aliphatic heterocycles. The number of hydrogen-bond donors (Lipinski definition) is 3. The lowest BCUT2D eigenvalue weighted by Crippen LogP contribution is -2.35. The van der Waals surface area contributed by atoms with Gasteiger partial charge in [-0.05, 0) is 18.8 Å². The van der Waals surface area contributed by atoms with Gasteiger partial charge in [0, 0.05) is 30.3 Å². The Labute approximate surface area is 110 Å². The Morgan fingerprint density at radius 1 is 1.47 bits per heavy atom. The zero-order valence-electron chi connectivity index (χ0n) is 11.1. The van der Waals surface area contributed by atoms with Gasteiger partial charge in [0.1, 0.15) is 0 Å². The van der Waals surface area contributed by atoms with E-state index in [2.05, 4.69) is 4.98 Å². The molecular formula is C13H20N2O4. The lowest BCUT2D eigenvalue weighted by Gasteiger charge is -2.16. The lowest BCUT2D eigenvalue weighted by atomic mass is 10.1. The number of nitrogens with one attached hydrogen (secondary N) is 1. The van der Waals surface area contributed by atoms with E-state index in [-0.39, 0.29) is 24.7 Å². The number of aromatic nitrogens is 2. The molecule has 1 saturated carbocycles. The molecule has 1 aliphatic carbocycles. The number of aryl methyl sites for hydroxylation is 1. The number of aliphatic hydroxyl groups excluding tert-OH is 2. The molecule has 1 heterocycles. The maximum Gasteiger partial charge on any atom is 0.328 e. The van der Waals surface area contributed by atoms with Crippen LogP contribution < -0.4 is 11.2 Å². The summed E-state index contributed by atoms with van der Waals surface area (Å²) in [4.78, 5) is 25.7. The quantitative estimate of drug-likeness (QED) is 0.647. The molecular weight excluding hydrogens is 248 g/mol. The van der Waals surface area contributed by atoms with E-state index in [1.165, 1.54) is 4.57 Å². The van der Waals surface area contributed by atoms with E-state index in [1.807, 2.05) is 6.92 Å².